The van der Waals surface area contributed by atoms with Crippen LogP contribution in [-0.4, -0.2) is 35.9 Å². The number of ether oxygens (including phenoxy) is 1. The Bertz CT molecular complexity index is 1340. The number of benzene rings is 2. The third-order valence-corrected chi connectivity index (χ3v) is 7.40. The number of aromatic nitrogens is 2. The van der Waals surface area contributed by atoms with E-state index in [-0.39, 0.29) is 17.4 Å². The fourth-order valence-corrected chi connectivity index (χ4v) is 5.23. The fourth-order valence-electron chi connectivity index (χ4n) is 5.23. The van der Waals surface area contributed by atoms with Crippen LogP contribution < -0.4 is 10.2 Å². The van der Waals surface area contributed by atoms with Crippen LogP contribution in [0.4, 0.5) is 24.7 Å². The van der Waals surface area contributed by atoms with Gasteiger partial charge in [0.05, 0.1) is 29.3 Å². The predicted molar refractivity (Wildman–Crippen MR) is 132 cm³/mol. The first-order valence-electron chi connectivity index (χ1n) is 12.1. The maximum absolute atomic E-state index is 14.8. The lowest BCUT2D eigenvalue weighted by molar-refractivity contribution is -0.122. The quantitative estimate of drug-likeness (QED) is 0.462. The topological polar surface area (TPSA) is 67.4 Å². The van der Waals surface area contributed by atoms with E-state index >= 15 is 0 Å². The first-order chi connectivity index (χ1) is 17.1. The van der Waals surface area contributed by atoms with Crippen LogP contribution in [0.2, 0.25) is 0 Å². The highest BCUT2D eigenvalue weighted by molar-refractivity contribution is 6.11. The molecule has 36 heavy (non-hydrogen) atoms. The van der Waals surface area contributed by atoms with Gasteiger partial charge >= 0.3 is 0 Å². The first kappa shape index (κ1) is 24.5. The van der Waals surface area contributed by atoms with Crippen molar-refractivity contribution in [1.82, 2.24) is 10.2 Å². The molecular formula is C27H29F3N4O2. The van der Waals surface area contributed by atoms with Crippen LogP contribution in [-0.2, 0) is 14.9 Å². The zero-order chi connectivity index (χ0) is 25.8. The monoisotopic (exact) mass is 498 g/mol. The number of amides is 1. The molecule has 3 heterocycles. The van der Waals surface area contributed by atoms with E-state index in [2.05, 4.69) is 15.5 Å². The van der Waals surface area contributed by atoms with Crippen molar-refractivity contribution < 1.29 is 22.7 Å². The summed E-state index contributed by atoms with van der Waals surface area (Å²) in [5.74, 6) is -0.234. The molecule has 1 saturated heterocycles. The Morgan fingerprint density at radius 3 is 2.64 bits per heavy atom. The number of halogens is 3. The van der Waals surface area contributed by atoms with E-state index in [1.165, 1.54) is 12.1 Å². The average Bonchev–Trinajstić information content (AvgIpc) is 3.41. The van der Waals surface area contributed by atoms with Gasteiger partial charge in [0.15, 0.2) is 5.82 Å². The second kappa shape index (κ2) is 9.03. The lowest BCUT2D eigenvalue weighted by atomic mass is 9.85. The maximum atomic E-state index is 14.8. The summed E-state index contributed by atoms with van der Waals surface area (Å²) in [6, 6.07) is 7.27. The van der Waals surface area contributed by atoms with Crippen molar-refractivity contribution in [3.63, 3.8) is 0 Å². The summed E-state index contributed by atoms with van der Waals surface area (Å²) >= 11 is 0. The summed E-state index contributed by atoms with van der Waals surface area (Å²) in [4.78, 5) is 15.3. The van der Waals surface area contributed by atoms with Gasteiger partial charge in [-0.25, -0.2) is 13.2 Å². The highest BCUT2D eigenvalue weighted by Gasteiger charge is 2.45. The zero-order valence-corrected chi connectivity index (χ0v) is 20.7. The van der Waals surface area contributed by atoms with Gasteiger partial charge in [-0.3, -0.25) is 4.79 Å². The zero-order valence-electron chi connectivity index (χ0n) is 20.7. The minimum atomic E-state index is -2.91. The Hall–Kier alpha value is -3.20. The number of anilines is 2. The Morgan fingerprint density at radius 2 is 1.94 bits per heavy atom. The second-order valence-corrected chi connectivity index (χ2v) is 10.2. The van der Waals surface area contributed by atoms with Crippen molar-refractivity contribution in [2.45, 2.75) is 52.0 Å². The van der Waals surface area contributed by atoms with Crippen LogP contribution in [0.5, 0.6) is 0 Å². The summed E-state index contributed by atoms with van der Waals surface area (Å²) < 4.78 is 46.8. The van der Waals surface area contributed by atoms with E-state index in [1.54, 1.807) is 6.92 Å². The number of hydrogen-bond acceptors (Lipinski definition) is 5. The normalized spacial score (nSPS) is 19.8. The molecule has 2 aromatic carbocycles. The Labute approximate surface area is 207 Å². The van der Waals surface area contributed by atoms with Crippen molar-refractivity contribution in [1.29, 1.82) is 0 Å². The molecular weight excluding hydrogens is 469 g/mol. The van der Waals surface area contributed by atoms with Crippen molar-refractivity contribution in [3.05, 3.63) is 58.5 Å². The van der Waals surface area contributed by atoms with Crippen molar-refractivity contribution in [2.75, 3.05) is 30.0 Å². The Kier molecular flexibility index (Phi) is 6.14. The Balaban J connectivity index is 1.57. The van der Waals surface area contributed by atoms with Crippen LogP contribution >= 0.6 is 0 Å². The van der Waals surface area contributed by atoms with E-state index in [9.17, 15) is 18.0 Å². The number of hydrogen-bond donors (Lipinski definition) is 1. The molecule has 3 aromatic rings. The number of carbonyl (C=O) groups excluding carboxylic acids is 1. The SMILES string of the molecule is Cc1nnc(N[C@H](C)c2cccc(C(F)F)c2F)c2cc3c(cc12)C(C)(C)C(=O)N3CC1CCOC1. The van der Waals surface area contributed by atoms with Crippen LogP contribution in [0.3, 0.4) is 0 Å². The Morgan fingerprint density at radius 1 is 1.19 bits per heavy atom. The molecule has 0 radical (unpaired) electrons. The van der Waals surface area contributed by atoms with E-state index < -0.39 is 29.3 Å². The molecule has 2 aliphatic heterocycles. The summed E-state index contributed by atoms with van der Waals surface area (Å²) in [5, 5.41) is 13.3. The minimum Gasteiger partial charge on any atom is -0.381 e. The number of rotatable bonds is 6. The average molecular weight is 499 g/mol. The third kappa shape index (κ3) is 3.99. The number of nitrogens with zero attached hydrogens (tertiary/aromatic N) is 3. The molecule has 5 rings (SSSR count). The van der Waals surface area contributed by atoms with Gasteiger partial charge in [0.25, 0.3) is 6.43 Å². The molecule has 190 valence electrons. The van der Waals surface area contributed by atoms with Gasteiger partial charge in [-0.2, -0.15) is 5.10 Å². The second-order valence-electron chi connectivity index (χ2n) is 10.2. The molecule has 9 heteroatoms. The van der Waals surface area contributed by atoms with Gasteiger partial charge in [-0.05, 0) is 51.8 Å². The van der Waals surface area contributed by atoms with Crippen LogP contribution in [0, 0.1) is 18.7 Å². The molecule has 2 aliphatic rings. The molecule has 0 saturated carbocycles. The third-order valence-electron chi connectivity index (χ3n) is 7.40. The van der Waals surface area contributed by atoms with Gasteiger partial charge in [-0.15, -0.1) is 5.10 Å². The molecule has 0 aliphatic carbocycles. The number of fused-ring (bicyclic) bond motifs is 2. The molecule has 1 unspecified atom stereocenters. The molecule has 1 N–H and O–H groups in total. The van der Waals surface area contributed by atoms with E-state index in [0.717, 1.165) is 34.5 Å². The highest BCUT2D eigenvalue weighted by atomic mass is 19.3. The van der Waals surface area contributed by atoms with Gasteiger partial charge in [0.2, 0.25) is 5.91 Å². The van der Waals surface area contributed by atoms with E-state index in [1.807, 2.05) is 37.8 Å². The molecule has 0 bridgehead atoms. The van der Waals surface area contributed by atoms with Crippen molar-refractivity contribution in [3.8, 4) is 0 Å². The molecule has 1 aromatic heterocycles. The van der Waals surface area contributed by atoms with Gasteiger partial charge in [-0.1, -0.05) is 18.2 Å². The highest BCUT2D eigenvalue weighted by Crippen LogP contribution is 2.45. The molecule has 6 nitrogen and oxygen atoms in total. The smallest absolute Gasteiger partial charge is 0.266 e. The maximum Gasteiger partial charge on any atom is 0.266 e. The fraction of sp³-hybridized carbons (Fsp3) is 0.444. The first-order valence-corrected chi connectivity index (χ1v) is 12.1. The number of carbonyl (C=O) groups is 1. The minimum absolute atomic E-state index is 0.0343. The molecule has 1 fully saturated rings. The van der Waals surface area contributed by atoms with Crippen LogP contribution in [0.1, 0.15) is 62.0 Å². The lowest BCUT2D eigenvalue weighted by Gasteiger charge is -2.23. The van der Waals surface area contributed by atoms with Crippen LogP contribution in [0.15, 0.2) is 30.3 Å². The molecule has 0 spiro atoms. The van der Waals surface area contributed by atoms with Gasteiger partial charge < -0.3 is 15.0 Å². The predicted octanol–water partition coefficient (Wildman–Crippen LogP) is 5.85. The number of aryl methyl sites for hydroxylation is 1. The van der Waals surface area contributed by atoms with Gasteiger partial charge in [0.1, 0.15) is 5.82 Å². The van der Waals surface area contributed by atoms with Crippen LogP contribution in [0.25, 0.3) is 10.8 Å². The standard InChI is InChI=1S/C27H29F3N4O2/c1-14(17-6-5-7-18(23(17)28)24(29)30)31-25-20-11-22-21(10-19(20)15(2)32-33-25)27(3,4)26(35)34(22)12-16-8-9-36-13-16/h5-7,10-11,14,16,24H,8-9,12-13H2,1-4H3,(H,31,33)/t14-,16?/m1/s1. The van der Waals surface area contributed by atoms with E-state index in [0.29, 0.717) is 31.3 Å². The summed E-state index contributed by atoms with van der Waals surface area (Å²) in [6.45, 7) is 9.29. The van der Waals surface area contributed by atoms with Gasteiger partial charge in [0, 0.05) is 41.1 Å². The molecule has 1 amide bonds. The summed E-state index contributed by atoms with van der Waals surface area (Å²) in [5.41, 5.74) is 1.22. The lowest BCUT2D eigenvalue weighted by Crippen LogP contribution is -2.39. The van der Waals surface area contributed by atoms with E-state index in [4.69, 9.17) is 4.74 Å². The summed E-state index contributed by atoms with van der Waals surface area (Å²) in [6.07, 6.45) is -2.00. The molecule has 2 atom stereocenters. The largest absolute Gasteiger partial charge is 0.381 e. The number of alkyl halides is 2. The van der Waals surface area contributed by atoms with Crippen molar-refractivity contribution >= 4 is 28.2 Å². The van der Waals surface area contributed by atoms with Crippen molar-refractivity contribution in [2.24, 2.45) is 5.92 Å². The summed E-state index contributed by atoms with van der Waals surface area (Å²) in [7, 11) is 0. The number of nitrogens with one attached hydrogen (secondary N) is 1.